The first-order valence-corrected chi connectivity index (χ1v) is 7.39. The summed E-state index contributed by atoms with van der Waals surface area (Å²) in [6.45, 7) is 4.13. The Morgan fingerprint density at radius 1 is 1.53 bits per heavy atom. The Hall–Kier alpha value is -1.33. The van der Waals surface area contributed by atoms with E-state index in [0.29, 0.717) is 10.0 Å². The molecule has 0 unspecified atom stereocenters. The first-order chi connectivity index (χ1) is 9.06. The summed E-state index contributed by atoms with van der Waals surface area (Å²) in [4.78, 5) is 11.3. The van der Waals surface area contributed by atoms with Crippen molar-refractivity contribution in [2.45, 2.75) is 32.7 Å². The molecule has 2 aromatic heterocycles. The predicted octanol–water partition coefficient (Wildman–Crippen LogP) is 4.32. The number of aromatic nitrogens is 2. The Morgan fingerprint density at radius 3 is 2.68 bits per heavy atom. The summed E-state index contributed by atoms with van der Waals surface area (Å²) in [7, 11) is 0. The van der Waals surface area contributed by atoms with Gasteiger partial charge in [0.2, 0.25) is 0 Å². The fourth-order valence-corrected chi connectivity index (χ4v) is 2.91. The van der Waals surface area contributed by atoms with Gasteiger partial charge in [-0.3, -0.25) is 4.68 Å². The molecule has 0 saturated carbocycles. The van der Waals surface area contributed by atoms with Gasteiger partial charge in [0.1, 0.15) is 11.3 Å². The number of halogens is 1. The number of hydrogen-bond donors (Lipinski definition) is 1. The molecule has 4 nitrogen and oxygen atoms in total. The molecule has 102 valence electrons. The smallest absolute Gasteiger partial charge is 0.339 e. The second-order valence-electron chi connectivity index (χ2n) is 4.29. The zero-order valence-corrected chi connectivity index (χ0v) is 12.3. The quantitative estimate of drug-likeness (QED) is 0.894. The van der Waals surface area contributed by atoms with Crippen molar-refractivity contribution in [2.75, 3.05) is 0 Å². The Balaban J connectivity index is 2.50. The molecule has 0 atom stereocenters. The number of nitrogens with zero attached hydrogens (tertiary/aromatic N) is 2. The molecule has 0 fully saturated rings. The second-order valence-corrected chi connectivity index (χ2v) is 5.83. The fourth-order valence-electron chi connectivity index (χ4n) is 2.05. The van der Waals surface area contributed by atoms with Crippen molar-refractivity contribution < 1.29 is 9.90 Å². The van der Waals surface area contributed by atoms with Crippen LogP contribution in [0.1, 0.15) is 43.1 Å². The number of carbonyl (C=O) groups is 1. The van der Waals surface area contributed by atoms with E-state index in [9.17, 15) is 9.90 Å². The minimum absolute atomic E-state index is 0.223. The summed E-state index contributed by atoms with van der Waals surface area (Å²) in [6.07, 6.45) is 3.45. The van der Waals surface area contributed by atoms with Crippen molar-refractivity contribution in [1.29, 1.82) is 0 Å². The lowest BCUT2D eigenvalue weighted by Gasteiger charge is -2.12. The highest BCUT2D eigenvalue weighted by atomic mass is 35.5. The van der Waals surface area contributed by atoms with E-state index >= 15 is 0 Å². The standard InChI is InChI=1S/C13H15ClN2O2S/c1-3-9(4-2)16-6-10(13(17)18)12(15-16)8-5-11(14)19-7-8/h5-7,9H,3-4H2,1-2H3,(H,17,18). The Bertz CT molecular complexity index is 587. The highest BCUT2D eigenvalue weighted by Gasteiger charge is 2.20. The third-order valence-electron chi connectivity index (χ3n) is 3.12. The summed E-state index contributed by atoms with van der Waals surface area (Å²) in [5, 5.41) is 15.6. The van der Waals surface area contributed by atoms with E-state index < -0.39 is 5.97 Å². The van der Waals surface area contributed by atoms with Gasteiger partial charge in [-0.25, -0.2) is 4.79 Å². The van der Waals surface area contributed by atoms with E-state index in [0.717, 1.165) is 18.4 Å². The van der Waals surface area contributed by atoms with E-state index in [1.165, 1.54) is 11.3 Å². The Kier molecular flexibility index (Phi) is 4.27. The van der Waals surface area contributed by atoms with Crippen molar-refractivity contribution in [3.8, 4) is 11.3 Å². The monoisotopic (exact) mass is 298 g/mol. The molecule has 0 amide bonds. The van der Waals surface area contributed by atoms with Gasteiger partial charge in [0, 0.05) is 17.1 Å². The van der Waals surface area contributed by atoms with Crippen LogP contribution in [0.4, 0.5) is 0 Å². The van der Waals surface area contributed by atoms with Gasteiger partial charge in [-0.05, 0) is 18.9 Å². The minimum atomic E-state index is -0.963. The van der Waals surface area contributed by atoms with Gasteiger partial charge in [0.25, 0.3) is 0 Å². The van der Waals surface area contributed by atoms with Gasteiger partial charge in [0.05, 0.1) is 10.4 Å². The molecular formula is C13H15ClN2O2S. The Morgan fingerprint density at radius 2 is 2.21 bits per heavy atom. The summed E-state index contributed by atoms with van der Waals surface area (Å²) >= 11 is 7.27. The molecule has 0 radical (unpaired) electrons. The molecule has 0 bridgehead atoms. The van der Waals surface area contributed by atoms with Crippen LogP contribution in [0.15, 0.2) is 17.6 Å². The lowest BCUT2D eigenvalue weighted by molar-refractivity contribution is 0.0697. The largest absolute Gasteiger partial charge is 0.478 e. The topological polar surface area (TPSA) is 55.1 Å². The van der Waals surface area contributed by atoms with Gasteiger partial charge in [0.15, 0.2) is 0 Å². The second kappa shape index (κ2) is 5.75. The molecular weight excluding hydrogens is 284 g/mol. The highest BCUT2D eigenvalue weighted by molar-refractivity contribution is 7.14. The van der Waals surface area contributed by atoms with E-state index in [2.05, 4.69) is 18.9 Å². The van der Waals surface area contributed by atoms with Gasteiger partial charge in [-0.1, -0.05) is 25.4 Å². The summed E-state index contributed by atoms with van der Waals surface area (Å²) in [6, 6.07) is 1.97. The lowest BCUT2D eigenvalue weighted by atomic mass is 10.1. The molecule has 0 aliphatic heterocycles. The SMILES string of the molecule is CCC(CC)n1cc(C(=O)O)c(-c2csc(Cl)c2)n1. The van der Waals surface area contributed by atoms with Gasteiger partial charge in [-0.2, -0.15) is 5.10 Å². The summed E-state index contributed by atoms with van der Waals surface area (Å²) < 4.78 is 2.38. The van der Waals surface area contributed by atoms with Crippen molar-refractivity contribution >= 4 is 28.9 Å². The van der Waals surface area contributed by atoms with Crippen molar-refractivity contribution in [3.05, 3.63) is 27.5 Å². The number of thiophene rings is 1. The number of carboxylic acid groups (broad SMARTS) is 1. The highest BCUT2D eigenvalue weighted by Crippen LogP contribution is 2.31. The van der Waals surface area contributed by atoms with Crippen molar-refractivity contribution in [1.82, 2.24) is 9.78 Å². The van der Waals surface area contributed by atoms with Gasteiger partial charge >= 0.3 is 5.97 Å². The molecule has 19 heavy (non-hydrogen) atoms. The van der Waals surface area contributed by atoms with Crippen molar-refractivity contribution in [2.24, 2.45) is 0 Å². The fraction of sp³-hybridized carbons (Fsp3) is 0.385. The van der Waals surface area contributed by atoms with E-state index in [1.807, 2.05) is 5.38 Å². The average molecular weight is 299 g/mol. The first-order valence-electron chi connectivity index (χ1n) is 6.13. The van der Waals surface area contributed by atoms with Crippen LogP contribution in [0.25, 0.3) is 11.3 Å². The number of aromatic carboxylic acids is 1. The summed E-state index contributed by atoms with van der Waals surface area (Å²) in [5.41, 5.74) is 1.47. The van der Waals surface area contributed by atoms with Crippen LogP contribution >= 0.6 is 22.9 Å². The average Bonchev–Trinajstić information content (AvgIpc) is 2.97. The van der Waals surface area contributed by atoms with Gasteiger partial charge < -0.3 is 5.11 Å². The van der Waals surface area contributed by atoms with E-state index in [1.54, 1.807) is 16.9 Å². The van der Waals surface area contributed by atoms with Crippen molar-refractivity contribution in [3.63, 3.8) is 0 Å². The molecule has 0 saturated heterocycles. The van der Waals surface area contributed by atoms with Crippen LogP contribution < -0.4 is 0 Å². The van der Waals surface area contributed by atoms with Crippen LogP contribution in [0.3, 0.4) is 0 Å². The lowest BCUT2D eigenvalue weighted by Crippen LogP contribution is -2.07. The van der Waals surface area contributed by atoms with Crippen LogP contribution in [0.2, 0.25) is 4.34 Å². The van der Waals surface area contributed by atoms with E-state index in [-0.39, 0.29) is 11.6 Å². The zero-order valence-electron chi connectivity index (χ0n) is 10.8. The minimum Gasteiger partial charge on any atom is -0.478 e. The Labute approximate surface area is 120 Å². The number of rotatable bonds is 5. The maximum atomic E-state index is 11.3. The van der Waals surface area contributed by atoms with Crippen LogP contribution in [0.5, 0.6) is 0 Å². The molecule has 2 aromatic rings. The third-order valence-corrected chi connectivity index (χ3v) is 4.21. The van der Waals surface area contributed by atoms with Gasteiger partial charge in [-0.15, -0.1) is 11.3 Å². The molecule has 0 spiro atoms. The molecule has 6 heteroatoms. The normalized spacial score (nSPS) is 11.2. The zero-order chi connectivity index (χ0) is 14.0. The molecule has 0 aromatic carbocycles. The maximum absolute atomic E-state index is 11.3. The number of hydrogen-bond acceptors (Lipinski definition) is 3. The van der Waals surface area contributed by atoms with Crippen LogP contribution in [0, 0.1) is 0 Å². The molecule has 2 heterocycles. The maximum Gasteiger partial charge on any atom is 0.339 e. The predicted molar refractivity (Wildman–Crippen MR) is 77.1 cm³/mol. The van der Waals surface area contributed by atoms with Crippen LogP contribution in [-0.2, 0) is 0 Å². The molecule has 0 aliphatic carbocycles. The van der Waals surface area contributed by atoms with E-state index in [4.69, 9.17) is 11.6 Å². The molecule has 1 N–H and O–H groups in total. The number of carboxylic acids is 1. The first kappa shape index (κ1) is 14.1. The summed E-state index contributed by atoms with van der Waals surface area (Å²) in [5.74, 6) is -0.963. The third kappa shape index (κ3) is 2.82. The van der Waals surface area contributed by atoms with Crippen LogP contribution in [-0.4, -0.2) is 20.9 Å². The molecule has 2 rings (SSSR count). The molecule has 0 aliphatic rings.